The lowest BCUT2D eigenvalue weighted by atomic mass is 10.1. The van der Waals surface area contributed by atoms with Crippen LogP contribution in [0.2, 0.25) is 0 Å². The lowest BCUT2D eigenvalue weighted by Gasteiger charge is -1.98. The van der Waals surface area contributed by atoms with Gasteiger partial charge in [0, 0.05) is 0 Å². The highest BCUT2D eigenvalue weighted by Crippen LogP contribution is 2.13. The number of unbranched alkanes of at least 4 members (excludes halogenated alkanes) is 1. The summed E-state index contributed by atoms with van der Waals surface area (Å²) in [7, 11) is 0. The van der Waals surface area contributed by atoms with Gasteiger partial charge in [-0.1, -0.05) is 61.9 Å². The summed E-state index contributed by atoms with van der Waals surface area (Å²) in [5.74, 6) is 0. The van der Waals surface area contributed by atoms with Crippen molar-refractivity contribution in [3.05, 3.63) is 66.2 Å². The predicted octanol–water partition coefficient (Wildman–Crippen LogP) is 5.10. The van der Waals surface area contributed by atoms with E-state index in [0.29, 0.717) is 0 Å². The molecule has 2 aromatic carbocycles. The van der Waals surface area contributed by atoms with Crippen LogP contribution in [0.1, 0.15) is 25.3 Å². The highest BCUT2D eigenvalue weighted by atomic mass is 14.7. The molecule has 0 amide bonds. The van der Waals surface area contributed by atoms with Crippen molar-refractivity contribution in [3.63, 3.8) is 0 Å². The van der Waals surface area contributed by atoms with Gasteiger partial charge in [-0.15, -0.1) is 0 Å². The topological polar surface area (TPSA) is 36.2 Å². The van der Waals surface area contributed by atoms with E-state index in [1.807, 2.05) is 54.5 Å². The zero-order valence-electron chi connectivity index (χ0n) is 11.3. The molecule has 0 atom stereocenters. The van der Waals surface area contributed by atoms with E-state index in [1.54, 1.807) is 0 Å². The second-order valence-corrected chi connectivity index (χ2v) is 4.15. The van der Waals surface area contributed by atoms with E-state index in [4.69, 9.17) is 5.41 Å². The Kier molecular flexibility index (Phi) is 7.68. The lowest BCUT2D eigenvalue weighted by molar-refractivity contribution is 0.795. The molecule has 0 aliphatic heterocycles. The third-order valence-electron chi connectivity index (χ3n) is 2.61. The quantitative estimate of drug-likeness (QED) is 0.735. The maximum absolute atomic E-state index is 6.69. The first-order valence-corrected chi connectivity index (χ1v) is 6.58. The van der Waals surface area contributed by atoms with Crippen molar-refractivity contribution in [1.29, 1.82) is 5.41 Å². The molecule has 0 bridgehead atoms. The van der Waals surface area contributed by atoms with E-state index >= 15 is 0 Å². The van der Waals surface area contributed by atoms with Gasteiger partial charge in [-0.25, -0.2) is 5.41 Å². The summed E-state index contributed by atoms with van der Waals surface area (Å²) in [4.78, 5) is 3.74. The van der Waals surface area contributed by atoms with E-state index in [0.717, 1.165) is 12.1 Å². The van der Waals surface area contributed by atoms with Crippen LogP contribution in [0, 0.1) is 5.41 Å². The number of hydrogen-bond donors (Lipinski definition) is 1. The second kappa shape index (κ2) is 9.81. The monoisotopic (exact) mass is 252 g/mol. The maximum atomic E-state index is 6.69. The minimum atomic E-state index is 0.801. The Balaban J connectivity index is 0.000000250. The van der Waals surface area contributed by atoms with Crippen LogP contribution in [0.5, 0.6) is 0 Å². The molecule has 2 heteroatoms. The summed E-state index contributed by atoms with van der Waals surface area (Å²) in [6.07, 6.45) is 3.58. The van der Waals surface area contributed by atoms with Gasteiger partial charge in [0.15, 0.2) is 0 Å². The maximum Gasteiger partial charge on any atom is 0.0918 e. The van der Waals surface area contributed by atoms with Crippen LogP contribution >= 0.6 is 0 Å². The van der Waals surface area contributed by atoms with Gasteiger partial charge >= 0.3 is 0 Å². The summed E-state index contributed by atoms with van der Waals surface area (Å²) in [5, 5.41) is 6.69. The molecular weight excluding hydrogens is 232 g/mol. The molecule has 0 saturated heterocycles. The second-order valence-electron chi connectivity index (χ2n) is 4.15. The largest absolute Gasteiger partial charge is 0.241 e. The Bertz CT molecular complexity index is 456. The van der Waals surface area contributed by atoms with Crippen LogP contribution < -0.4 is 0 Å². The Labute approximate surface area is 115 Å². The predicted molar refractivity (Wildman–Crippen MR) is 81.3 cm³/mol. The highest BCUT2D eigenvalue weighted by molar-refractivity contribution is 5.50. The smallest absolute Gasteiger partial charge is 0.0918 e. The van der Waals surface area contributed by atoms with Gasteiger partial charge in [-0.05, 0) is 30.5 Å². The number of hydrogen-bond acceptors (Lipinski definition) is 2. The molecule has 2 aromatic rings. The van der Waals surface area contributed by atoms with Crippen molar-refractivity contribution in [2.75, 3.05) is 0 Å². The van der Waals surface area contributed by atoms with Gasteiger partial charge in [0.25, 0.3) is 0 Å². The summed E-state index contributed by atoms with van der Waals surface area (Å²) in [6.45, 7) is 2.19. The highest BCUT2D eigenvalue weighted by Gasteiger charge is 1.92. The van der Waals surface area contributed by atoms with Gasteiger partial charge in [0.05, 0.1) is 11.7 Å². The number of aliphatic imine (C=N–C) groups is 1. The van der Waals surface area contributed by atoms with E-state index in [1.165, 1.54) is 18.4 Å². The molecule has 98 valence electrons. The Morgan fingerprint density at radius 1 is 0.947 bits per heavy atom. The molecule has 0 unspecified atom stereocenters. The van der Waals surface area contributed by atoms with Gasteiger partial charge < -0.3 is 0 Å². The molecule has 0 fully saturated rings. The first-order valence-electron chi connectivity index (χ1n) is 6.58. The molecule has 0 aliphatic carbocycles. The molecule has 0 heterocycles. The van der Waals surface area contributed by atoms with Crippen molar-refractivity contribution < 1.29 is 0 Å². The van der Waals surface area contributed by atoms with Crippen molar-refractivity contribution in [1.82, 2.24) is 0 Å². The van der Waals surface area contributed by atoms with E-state index < -0.39 is 0 Å². The third-order valence-corrected chi connectivity index (χ3v) is 2.61. The van der Waals surface area contributed by atoms with E-state index in [9.17, 15) is 0 Å². The van der Waals surface area contributed by atoms with Crippen LogP contribution in [0.25, 0.3) is 0 Å². The number of benzene rings is 2. The van der Waals surface area contributed by atoms with Crippen molar-refractivity contribution >= 4 is 11.7 Å². The van der Waals surface area contributed by atoms with Gasteiger partial charge in [0.1, 0.15) is 0 Å². The minimum Gasteiger partial charge on any atom is -0.241 e. The fraction of sp³-hybridized carbons (Fsp3) is 0.235. The van der Waals surface area contributed by atoms with Crippen LogP contribution in [0.15, 0.2) is 65.7 Å². The first kappa shape index (κ1) is 14.9. The minimum absolute atomic E-state index is 0.801. The van der Waals surface area contributed by atoms with Crippen molar-refractivity contribution in [2.45, 2.75) is 26.2 Å². The standard InChI is InChI=1S/C11H14N2.C6H6/c1-2-3-4-10-5-7-11(8-6-10)13-9-12;1-2-4-6-5-3-1/h5-8,12H,2-4H2,1H3;1-6H. The Hall–Kier alpha value is -2.18. The molecule has 2 rings (SSSR count). The van der Waals surface area contributed by atoms with Gasteiger partial charge in [0.2, 0.25) is 0 Å². The summed E-state index contributed by atoms with van der Waals surface area (Å²) < 4.78 is 0. The van der Waals surface area contributed by atoms with Crippen LogP contribution in [-0.4, -0.2) is 6.01 Å². The number of aryl methyl sites for hydroxylation is 1. The van der Waals surface area contributed by atoms with Crippen molar-refractivity contribution in [3.8, 4) is 0 Å². The summed E-state index contributed by atoms with van der Waals surface area (Å²) in [6, 6.07) is 22.0. The van der Waals surface area contributed by atoms with Crippen LogP contribution in [-0.2, 0) is 6.42 Å². The van der Waals surface area contributed by atoms with Gasteiger partial charge in [-0.2, -0.15) is 4.99 Å². The molecule has 0 radical (unpaired) electrons. The molecule has 19 heavy (non-hydrogen) atoms. The summed E-state index contributed by atoms with van der Waals surface area (Å²) in [5.41, 5.74) is 2.14. The fourth-order valence-electron chi connectivity index (χ4n) is 1.57. The Morgan fingerprint density at radius 2 is 1.47 bits per heavy atom. The summed E-state index contributed by atoms with van der Waals surface area (Å²) >= 11 is 0. The zero-order valence-corrected chi connectivity index (χ0v) is 11.3. The molecule has 1 N–H and O–H groups in total. The van der Waals surface area contributed by atoms with E-state index in [2.05, 4.69) is 24.0 Å². The fourth-order valence-corrected chi connectivity index (χ4v) is 1.57. The van der Waals surface area contributed by atoms with Gasteiger partial charge in [-0.3, -0.25) is 0 Å². The van der Waals surface area contributed by atoms with E-state index in [-0.39, 0.29) is 0 Å². The SMILES string of the molecule is CCCCc1ccc(N=C=N)cc1.c1ccccc1. The molecule has 2 nitrogen and oxygen atoms in total. The number of nitrogens with one attached hydrogen (secondary N) is 1. The average Bonchev–Trinajstić information content (AvgIpc) is 2.49. The normalized spacial score (nSPS) is 8.89. The van der Waals surface area contributed by atoms with Crippen LogP contribution in [0.3, 0.4) is 0 Å². The lowest BCUT2D eigenvalue weighted by Crippen LogP contribution is -1.82. The third kappa shape index (κ3) is 6.97. The zero-order chi connectivity index (χ0) is 13.8. The number of nitrogens with zero attached hydrogens (tertiary/aromatic N) is 1. The molecule has 0 saturated carbocycles. The first-order chi connectivity index (χ1) is 9.36. The van der Waals surface area contributed by atoms with Crippen LogP contribution in [0.4, 0.5) is 5.69 Å². The molecular formula is C17H20N2. The molecule has 0 spiro atoms. The van der Waals surface area contributed by atoms with Crippen molar-refractivity contribution in [2.24, 2.45) is 4.99 Å². The number of rotatable bonds is 4. The average molecular weight is 252 g/mol. The molecule has 0 aliphatic rings. The molecule has 0 aromatic heterocycles. The Morgan fingerprint density at radius 3 is 1.89 bits per heavy atom.